The fourth-order valence-electron chi connectivity index (χ4n) is 2.00. The van der Waals surface area contributed by atoms with Crippen molar-refractivity contribution in [2.24, 2.45) is 5.73 Å². The summed E-state index contributed by atoms with van der Waals surface area (Å²) >= 11 is -2.31. The Morgan fingerprint density at radius 1 is 1.42 bits per heavy atom. The standard InChI is InChI=1S/C11H12F2N2O3S/c12-8-4-7(11(1-2-11)10(14)16)9(13)3-6(8)5-15-19(17)18/h3-4,15H,1-2,5H2,(H2,14,16)(H,17,18). The molecule has 0 spiro atoms. The predicted octanol–water partition coefficient (Wildman–Crippen LogP) is 0.708. The van der Waals surface area contributed by atoms with Gasteiger partial charge in [-0.3, -0.25) is 9.35 Å². The van der Waals surface area contributed by atoms with E-state index in [2.05, 4.69) is 4.72 Å². The van der Waals surface area contributed by atoms with Crippen molar-refractivity contribution in [3.05, 3.63) is 34.9 Å². The molecule has 0 bridgehead atoms. The summed E-state index contributed by atoms with van der Waals surface area (Å²) in [6.45, 7) is -0.296. The van der Waals surface area contributed by atoms with Gasteiger partial charge in [-0.05, 0) is 25.0 Å². The Morgan fingerprint density at radius 3 is 2.53 bits per heavy atom. The number of hydrogen-bond donors (Lipinski definition) is 3. The summed E-state index contributed by atoms with van der Waals surface area (Å²) < 4.78 is 48.7. The molecule has 2 rings (SSSR count). The van der Waals surface area contributed by atoms with E-state index in [1.54, 1.807) is 0 Å². The van der Waals surface area contributed by atoms with Crippen molar-refractivity contribution in [1.29, 1.82) is 0 Å². The summed E-state index contributed by atoms with van der Waals surface area (Å²) in [5.41, 5.74) is 3.96. The van der Waals surface area contributed by atoms with Gasteiger partial charge >= 0.3 is 0 Å². The van der Waals surface area contributed by atoms with Gasteiger partial charge in [0.1, 0.15) is 11.6 Å². The van der Waals surface area contributed by atoms with Crippen LogP contribution in [-0.2, 0) is 28.0 Å². The molecule has 1 fully saturated rings. The Bertz CT molecular complexity index is 561. The van der Waals surface area contributed by atoms with Crippen LogP contribution in [0.2, 0.25) is 0 Å². The quantitative estimate of drug-likeness (QED) is 0.697. The third-order valence-corrected chi connectivity index (χ3v) is 3.65. The third kappa shape index (κ3) is 2.65. The number of carbonyl (C=O) groups is 1. The van der Waals surface area contributed by atoms with Gasteiger partial charge in [0, 0.05) is 17.7 Å². The summed E-state index contributed by atoms with van der Waals surface area (Å²) in [4.78, 5) is 11.3. The smallest absolute Gasteiger partial charge is 0.232 e. The van der Waals surface area contributed by atoms with Gasteiger partial charge in [-0.25, -0.2) is 17.7 Å². The van der Waals surface area contributed by atoms with Crippen LogP contribution in [0.3, 0.4) is 0 Å². The van der Waals surface area contributed by atoms with Gasteiger partial charge in [0.15, 0.2) is 0 Å². The highest BCUT2D eigenvalue weighted by molar-refractivity contribution is 7.77. The molecule has 1 aliphatic carbocycles. The lowest BCUT2D eigenvalue weighted by Gasteiger charge is -2.14. The Hall–Kier alpha value is -1.38. The summed E-state index contributed by atoms with van der Waals surface area (Å²) in [5, 5.41) is 0. The van der Waals surface area contributed by atoms with Crippen molar-refractivity contribution in [3.63, 3.8) is 0 Å². The number of hydrogen-bond acceptors (Lipinski definition) is 2. The molecule has 0 saturated heterocycles. The van der Waals surface area contributed by atoms with Crippen molar-refractivity contribution >= 4 is 17.2 Å². The second-order valence-corrected chi connectivity index (χ2v) is 5.23. The van der Waals surface area contributed by atoms with E-state index in [0.717, 1.165) is 12.1 Å². The number of carbonyl (C=O) groups excluding carboxylic acids is 1. The number of halogens is 2. The molecule has 1 saturated carbocycles. The molecule has 1 unspecified atom stereocenters. The van der Waals surface area contributed by atoms with E-state index < -0.39 is 34.2 Å². The maximum Gasteiger partial charge on any atom is 0.232 e. The first-order valence-electron chi connectivity index (χ1n) is 5.49. The molecule has 19 heavy (non-hydrogen) atoms. The van der Waals surface area contributed by atoms with Crippen molar-refractivity contribution in [3.8, 4) is 0 Å². The van der Waals surface area contributed by atoms with Crippen LogP contribution in [0.15, 0.2) is 12.1 Å². The number of amides is 1. The van der Waals surface area contributed by atoms with Gasteiger partial charge in [0.25, 0.3) is 0 Å². The lowest BCUT2D eigenvalue weighted by molar-refractivity contribution is -0.120. The Kier molecular flexibility index (Phi) is 3.66. The highest BCUT2D eigenvalue weighted by Gasteiger charge is 2.51. The highest BCUT2D eigenvalue weighted by Crippen LogP contribution is 2.49. The molecule has 4 N–H and O–H groups in total. The molecule has 1 amide bonds. The molecule has 0 radical (unpaired) electrons. The van der Waals surface area contributed by atoms with Crippen LogP contribution < -0.4 is 10.5 Å². The number of nitrogens with two attached hydrogens (primary N) is 1. The van der Waals surface area contributed by atoms with Gasteiger partial charge in [-0.1, -0.05) is 0 Å². The first kappa shape index (κ1) is 14.0. The molecular formula is C11H12F2N2O3S. The number of nitrogens with one attached hydrogen (secondary N) is 1. The number of benzene rings is 1. The molecule has 8 heteroatoms. The second-order valence-electron chi connectivity index (χ2n) is 4.44. The van der Waals surface area contributed by atoms with E-state index in [1.165, 1.54) is 0 Å². The van der Waals surface area contributed by atoms with Crippen molar-refractivity contribution in [2.75, 3.05) is 0 Å². The average Bonchev–Trinajstić information content (AvgIpc) is 3.10. The second kappa shape index (κ2) is 4.95. The van der Waals surface area contributed by atoms with Gasteiger partial charge in [-0.2, -0.15) is 0 Å². The molecule has 1 aromatic carbocycles. The van der Waals surface area contributed by atoms with Crippen molar-refractivity contribution in [2.45, 2.75) is 24.8 Å². The SMILES string of the molecule is NC(=O)C1(c2cc(F)c(CNS(=O)O)cc2F)CC1. The van der Waals surface area contributed by atoms with E-state index in [4.69, 9.17) is 10.3 Å². The molecule has 104 valence electrons. The predicted molar refractivity (Wildman–Crippen MR) is 64.1 cm³/mol. The lowest BCUT2D eigenvalue weighted by Crippen LogP contribution is -2.29. The molecule has 0 aromatic heterocycles. The molecule has 1 aromatic rings. The van der Waals surface area contributed by atoms with Crippen LogP contribution in [0, 0.1) is 11.6 Å². The van der Waals surface area contributed by atoms with E-state index in [9.17, 15) is 17.8 Å². The summed E-state index contributed by atoms with van der Waals surface area (Å²) in [6, 6.07) is 1.85. The molecule has 0 aliphatic heterocycles. The van der Waals surface area contributed by atoms with E-state index >= 15 is 0 Å². The molecule has 0 heterocycles. The van der Waals surface area contributed by atoms with E-state index in [0.29, 0.717) is 12.8 Å². The largest absolute Gasteiger partial charge is 0.369 e. The van der Waals surface area contributed by atoms with Crippen LogP contribution in [0.25, 0.3) is 0 Å². The van der Waals surface area contributed by atoms with Gasteiger partial charge in [0.05, 0.1) is 5.41 Å². The Labute approximate surface area is 110 Å². The summed E-state index contributed by atoms with van der Waals surface area (Å²) in [5.74, 6) is -2.16. The first-order chi connectivity index (χ1) is 8.86. The van der Waals surface area contributed by atoms with Crippen molar-refractivity contribution in [1.82, 2.24) is 4.72 Å². The van der Waals surface area contributed by atoms with Crippen LogP contribution in [0.4, 0.5) is 8.78 Å². The van der Waals surface area contributed by atoms with Crippen LogP contribution in [0.1, 0.15) is 24.0 Å². The lowest BCUT2D eigenvalue weighted by atomic mass is 9.93. The Balaban J connectivity index is 2.32. The normalized spacial score (nSPS) is 18.1. The average molecular weight is 290 g/mol. The van der Waals surface area contributed by atoms with Crippen molar-refractivity contribution < 1.29 is 22.3 Å². The fraction of sp³-hybridized carbons (Fsp3) is 0.364. The van der Waals surface area contributed by atoms with Gasteiger partial charge in [-0.15, -0.1) is 0 Å². The Morgan fingerprint density at radius 2 is 2.05 bits per heavy atom. The third-order valence-electron chi connectivity index (χ3n) is 3.26. The zero-order valence-corrected chi connectivity index (χ0v) is 10.6. The van der Waals surface area contributed by atoms with Crippen LogP contribution >= 0.6 is 0 Å². The van der Waals surface area contributed by atoms with Crippen LogP contribution in [0.5, 0.6) is 0 Å². The molecule has 5 nitrogen and oxygen atoms in total. The molecular weight excluding hydrogens is 278 g/mol. The first-order valence-corrected chi connectivity index (χ1v) is 6.60. The number of rotatable bonds is 5. The summed E-state index contributed by atoms with van der Waals surface area (Å²) in [6.07, 6.45) is 0.799. The minimum Gasteiger partial charge on any atom is -0.369 e. The molecule has 1 atom stereocenters. The monoisotopic (exact) mass is 290 g/mol. The maximum atomic E-state index is 13.9. The highest BCUT2D eigenvalue weighted by atomic mass is 32.2. The minimum absolute atomic E-state index is 0.0497. The van der Waals surface area contributed by atoms with Gasteiger partial charge in [0.2, 0.25) is 17.2 Å². The zero-order chi connectivity index (χ0) is 14.2. The van der Waals surface area contributed by atoms with E-state index in [-0.39, 0.29) is 17.7 Å². The van der Waals surface area contributed by atoms with Gasteiger partial charge < -0.3 is 5.73 Å². The van der Waals surface area contributed by atoms with Crippen LogP contribution in [-0.4, -0.2) is 14.7 Å². The number of primary amides is 1. The minimum atomic E-state index is -2.31. The molecule has 1 aliphatic rings. The zero-order valence-electron chi connectivity index (χ0n) is 9.78. The summed E-state index contributed by atoms with van der Waals surface area (Å²) in [7, 11) is 0. The topological polar surface area (TPSA) is 92.4 Å². The maximum absolute atomic E-state index is 13.9. The fourth-order valence-corrected chi connectivity index (χ4v) is 2.28. The van der Waals surface area contributed by atoms with E-state index in [1.807, 2.05) is 0 Å².